The Morgan fingerprint density at radius 1 is 1.12 bits per heavy atom. The van der Waals surface area contributed by atoms with Crippen LogP contribution in [0.4, 0.5) is 5.69 Å². The molecule has 0 bridgehead atoms. The molecule has 1 aromatic carbocycles. The van der Waals surface area contributed by atoms with Gasteiger partial charge in [-0.05, 0) is 43.2 Å². The van der Waals surface area contributed by atoms with Crippen molar-refractivity contribution in [3.05, 3.63) is 52.4 Å². The Labute approximate surface area is 149 Å². The standard InChI is InChI=1S/C17H16Cl2N2O3/c18-12-8-13(19)10-14(9-12)20-16(22)11-3-5-21(6-4-11)17(23)15-2-1-7-24-15/h1-2,7-11H,3-6H2,(H,20,22). The molecule has 0 unspecified atom stereocenters. The van der Waals surface area contributed by atoms with Gasteiger partial charge in [0.05, 0.1) is 6.26 Å². The lowest BCUT2D eigenvalue weighted by Gasteiger charge is -2.30. The molecule has 0 spiro atoms. The molecule has 1 fully saturated rings. The highest BCUT2D eigenvalue weighted by molar-refractivity contribution is 6.35. The van der Waals surface area contributed by atoms with Gasteiger partial charge in [0, 0.05) is 34.7 Å². The average Bonchev–Trinajstić information content (AvgIpc) is 3.07. The fraction of sp³-hybridized carbons (Fsp3) is 0.294. The fourth-order valence-corrected chi connectivity index (χ4v) is 3.30. The molecule has 2 amide bonds. The lowest BCUT2D eigenvalue weighted by molar-refractivity contribution is -0.121. The van der Waals surface area contributed by atoms with E-state index in [-0.39, 0.29) is 17.7 Å². The molecule has 1 aliphatic heterocycles. The molecule has 1 saturated heterocycles. The Morgan fingerprint density at radius 3 is 2.38 bits per heavy atom. The van der Waals surface area contributed by atoms with E-state index >= 15 is 0 Å². The van der Waals surface area contributed by atoms with Gasteiger partial charge in [-0.3, -0.25) is 9.59 Å². The van der Waals surface area contributed by atoms with Crippen LogP contribution in [0.15, 0.2) is 41.0 Å². The highest BCUT2D eigenvalue weighted by Crippen LogP contribution is 2.25. The van der Waals surface area contributed by atoms with Crippen molar-refractivity contribution < 1.29 is 14.0 Å². The third-order valence-electron chi connectivity index (χ3n) is 4.02. The summed E-state index contributed by atoms with van der Waals surface area (Å²) < 4.78 is 5.13. The maximum Gasteiger partial charge on any atom is 0.289 e. The van der Waals surface area contributed by atoms with Crippen LogP contribution in [-0.4, -0.2) is 29.8 Å². The molecule has 2 aromatic rings. The number of likely N-dealkylation sites (tertiary alicyclic amines) is 1. The van der Waals surface area contributed by atoms with Crippen molar-refractivity contribution in [3.8, 4) is 0 Å². The predicted octanol–water partition coefficient (Wildman–Crippen LogP) is 4.08. The largest absolute Gasteiger partial charge is 0.459 e. The molecule has 2 heterocycles. The van der Waals surface area contributed by atoms with Crippen LogP contribution in [-0.2, 0) is 4.79 Å². The number of rotatable bonds is 3. The number of amides is 2. The van der Waals surface area contributed by atoms with Crippen LogP contribution in [0, 0.1) is 5.92 Å². The summed E-state index contributed by atoms with van der Waals surface area (Å²) >= 11 is 11.9. The molecule has 126 valence electrons. The van der Waals surface area contributed by atoms with Crippen LogP contribution in [0.1, 0.15) is 23.4 Å². The number of nitrogens with zero attached hydrogens (tertiary/aromatic N) is 1. The second-order valence-corrected chi connectivity index (χ2v) is 6.56. The number of carbonyl (C=O) groups is 2. The summed E-state index contributed by atoms with van der Waals surface area (Å²) in [5, 5.41) is 3.77. The van der Waals surface area contributed by atoms with Crippen molar-refractivity contribution in [1.29, 1.82) is 0 Å². The van der Waals surface area contributed by atoms with E-state index in [0.29, 0.717) is 47.4 Å². The molecule has 5 nitrogen and oxygen atoms in total. The van der Waals surface area contributed by atoms with Crippen molar-refractivity contribution in [2.75, 3.05) is 18.4 Å². The number of benzene rings is 1. The number of halogens is 2. The average molecular weight is 367 g/mol. The summed E-state index contributed by atoms with van der Waals surface area (Å²) in [5.74, 6) is -0.0474. The van der Waals surface area contributed by atoms with Crippen LogP contribution < -0.4 is 5.32 Å². The number of anilines is 1. The molecule has 1 N–H and O–H groups in total. The normalized spacial score (nSPS) is 15.3. The number of furan rings is 1. The van der Waals surface area contributed by atoms with Crippen molar-refractivity contribution in [1.82, 2.24) is 4.90 Å². The van der Waals surface area contributed by atoms with Gasteiger partial charge in [0.25, 0.3) is 5.91 Å². The first-order valence-corrected chi connectivity index (χ1v) is 8.38. The van der Waals surface area contributed by atoms with Gasteiger partial charge >= 0.3 is 0 Å². The van der Waals surface area contributed by atoms with Crippen molar-refractivity contribution >= 4 is 40.7 Å². The minimum Gasteiger partial charge on any atom is -0.459 e. The Morgan fingerprint density at radius 2 is 1.79 bits per heavy atom. The maximum atomic E-state index is 12.4. The molecular formula is C17H16Cl2N2O3. The summed E-state index contributed by atoms with van der Waals surface area (Å²) in [6.07, 6.45) is 2.68. The SMILES string of the molecule is O=C(Nc1cc(Cl)cc(Cl)c1)C1CCN(C(=O)c2ccco2)CC1. The number of piperidine rings is 1. The Bertz CT molecular complexity index is 718. The van der Waals surface area contributed by atoms with E-state index in [1.54, 1.807) is 35.2 Å². The molecular weight excluding hydrogens is 351 g/mol. The Hall–Kier alpha value is -1.98. The quantitative estimate of drug-likeness (QED) is 0.889. The first kappa shape index (κ1) is 16.9. The molecule has 0 saturated carbocycles. The summed E-state index contributed by atoms with van der Waals surface area (Å²) in [6.45, 7) is 1.04. The molecule has 0 radical (unpaired) electrons. The van der Waals surface area contributed by atoms with E-state index in [1.807, 2.05) is 0 Å². The van der Waals surface area contributed by atoms with Gasteiger partial charge < -0.3 is 14.6 Å². The third kappa shape index (κ3) is 3.91. The molecule has 24 heavy (non-hydrogen) atoms. The van der Waals surface area contributed by atoms with Gasteiger partial charge in [0.1, 0.15) is 0 Å². The third-order valence-corrected chi connectivity index (χ3v) is 4.45. The van der Waals surface area contributed by atoms with E-state index in [4.69, 9.17) is 27.6 Å². The second kappa shape index (κ2) is 7.28. The highest BCUT2D eigenvalue weighted by atomic mass is 35.5. The number of carbonyl (C=O) groups excluding carboxylic acids is 2. The van der Waals surface area contributed by atoms with E-state index < -0.39 is 0 Å². The Balaban J connectivity index is 1.56. The van der Waals surface area contributed by atoms with Gasteiger partial charge in [-0.2, -0.15) is 0 Å². The lowest BCUT2D eigenvalue weighted by Crippen LogP contribution is -2.41. The second-order valence-electron chi connectivity index (χ2n) is 5.69. The van der Waals surface area contributed by atoms with Gasteiger partial charge in [0.2, 0.25) is 5.91 Å². The van der Waals surface area contributed by atoms with Crippen LogP contribution >= 0.6 is 23.2 Å². The van der Waals surface area contributed by atoms with Crippen molar-refractivity contribution in [2.24, 2.45) is 5.92 Å². The molecule has 7 heteroatoms. The smallest absolute Gasteiger partial charge is 0.289 e. The minimum atomic E-state index is -0.150. The zero-order valence-corrected chi connectivity index (χ0v) is 14.3. The van der Waals surface area contributed by atoms with Crippen molar-refractivity contribution in [3.63, 3.8) is 0 Å². The van der Waals surface area contributed by atoms with Gasteiger partial charge in [0.15, 0.2) is 5.76 Å². The molecule has 1 aromatic heterocycles. The lowest BCUT2D eigenvalue weighted by atomic mass is 9.95. The Kier molecular flexibility index (Phi) is 5.11. The van der Waals surface area contributed by atoms with Crippen LogP contribution in [0.3, 0.4) is 0 Å². The van der Waals surface area contributed by atoms with E-state index in [1.165, 1.54) is 6.26 Å². The highest BCUT2D eigenvalue weighted by Gasteiger charge is 2.28. The summed E-state index contributed by atoms with van der Waals surface area (Å²) in [6, 6.07) is 8.24. The molecule has 0 atom stereocenters. The first-order valence-electron chi connectivity index (χ1n) is 7.62. The van der Waals surface area contributed by atoms with Crippen LogP contribution in [0.25, 0.3) is 0 Å². The zero-order chi connectivity index (χ0) is 17.1. The van der Waals surface area contributed by atoms with E-state index in [9.17, 15) is 9.59 Å². The van der Waals surface area contributed by atoms with Gasteiger partial charge in [-0.15, -0.1) is 0 Å². The zero-order valence-electron chi connectivity index (χ0n) is 12.8. The summed E-state index contributed by atoms with van der Waals surface area (Å²) in [7, 11) is 0. The van der Waals surface area contributed by atoms with E-state index in [2.05, 4.69) is 5.32 Å². The first-order chi connectivity index (χ1) is 11.5. The molecule has 3 rings (SSSR count). The summed E-state index contributed by atoms with van der Waals surface area (Å²) in [4.78, 5) is 26.3. The topological polar surface area (TPSA) is 62.6 Å². The van der Waals surface area contributed by atoms with Crippen LogP contribution in [0.2, 0.25) is 10.0 Å². The monoisotopic (exact) mass is 366 g/mol. The van der Waals surface area contributed by atoms with Crippen LogP contribution in [0.5, 0.6) is 0 Å². The number of hydrogen-bond donors (Lipinski definition) is 1. The van der Waals surface area contributed by atoms with Gasteiger partial charge in [-0.25, -0.2) is 0 Å². The molecule has 0 aliphatic carbocycles. The van der Waals surface area contributed by atoms with Gasteiger partial charge in [-0.1, -0.05) is 23.2 Å². The number of hydrogen-bond acceptors (Lipinski definition) is 3. The summed E-state index contributed by atoms with van der Waals surface area (Å²) in [5.41, 5.74) is 0.576. The number of nitrogens with one attached hydrogen (secondary N) is 1. The van der Waals surface area contributed by atoms with E-state index in [0.717, 1.165) is 0 Å². The fourth-order valence-electron chi connectivity index (χ4n) is 2.77. The minimum absolute atomic E-state index is 0.0848. The van der Waals surface area contributed by atoms with Crippen molar-refractivity contribution in [2.45, 2.75) is 12.8 Å². The maximum absolute atomic E-state index is 12.4. The predicted molar refractivity (Wildman–Crippen MR) is 92.4 cm³/mol. The molecule has 1 aliphatic rings.